The van der Waals surface area contributed by atoms with Gasteiger partial charge in [-0.25, -0.2) is 4.79 Å². The molecular formula is C16H23ClN2O2. The van der Waals surface area contributed by atoms with Crippen LogP contribution in [0.1, 0.15) is 63.4 Å². The van der Waals surface area contributed by atoms with E-state index in [0.29, 0.717) is 23.9 Å². The number of nitrogens with zero attached hydrogens (tertiary/aromatic N) is 1. The van der Waals surface area contributed by atoms with E-state index in [4.69, 9.17) is 11.6 Å². The van der Waals surface area contributed by atoms with Gasteiger partial charge in [0, 0.05) is 6.54 Å². The van der Waals surface area contributed by atoms with Crippen molar-refractivity contribution in [2.45, 2.75) is 64.3 Å². The molecule has 1 heterocycles. The summed E-state index contributed by atoms with van der Waals surface area (Å²) in [5.41, 5.74) is 0.126. The Hall–Kier alpha value is -1.03. The lowest BCUT2D eigenvalue weighted by Gasteiger charge is -2.16. The number of aromatic amines is 1. The summed E-state index contributed by atoms with van der Waals surface area (Å²) < 4.78 is 1.39. The van der Waals surface area contributed by atoms with Gasteiger partial charge in [-0.15, -0.1) is 0 Å². The molecule has 0 bridgehead atoms. The number of hydrogen-bond acceptors (Lipinski definition) is 2. The van der Waals surface area contributed by atoms with Gasteiger partial charge in [-0.1, -0.05) is 37.8 Å². The van der Waals surface area contributed by atoms with Gasteiger partial charge in [0.1, 0.15) is 5.15 Å². The Bertz CT molecular complexity index is 628. The summed E-state index contributed by atoms with van der Waals surface area (Å²) >= 11 is 6.16. The number of nitrogens with one attached hydrogen (secondary N) is 1. The molecule has 3 rings (SSSR count). The minimum Gasteiger partial charge on any atom is -0.297 e. The summed E-state index contributed by atoms with van der Waals surface area (Å²) in [6.07, 6.45) is 7.68. The van der Waals surface area contributed by atoms with Crippen molar-refractivity contribution >= 4 is 11.6 Å². The Morgan fingerprint density at radius 2 is 1.90 bits per heavy atom. The Balaban J connectivity index is 1.94. The maximum absolute atomic E-state index is 12.7. The highest BCUT2D eigenvalue weighted by Gasteiger charge is 2.27. The fourth-order valence-electron chi connectivity index (χ4n) is 4.04. The maximum Gasteiger partial charge on any atom is 0.329 e. The van der Waals surface area contributed by atoms with Crippen molar-refractivity contribution in [2.24, 2.45) is 11.8 Å². The smallest absolute Gasteiger partial charge is 0.297 e. The van der Waals surface area contributed by atoms with E-state index in [0.717, 1.165) is 38.5 Å². The Labute approximate surface area is 129 Å². The Morgan fingerprint density at radius 3 is 2.52 bits per heavy atom. The van der Waals surface area contributed by atoms with Crippen molar-refractivity contribution in [3.8, 4) is 0 Å². The molecule has 0 saturated heterocycles. The van der Waals surface area contributed by atoms with Crippen LogP contribution in [-0.4, -0.2) is 9.55 Å². The zero-order valence-corrected chi connectivity index (χ0v) is 13.3. The molecule has 2 saturated carbocycles. The van der Waals surface area contributed by atoms with E-state index in [1.807, 2.05) is 0 Å². The summed E-state index contributed by atoms with van der Waals surface area (Å²) in [7, 11) is 0. The Kier molecular flexibility index (Phi) is 4.25. The standard InChI is InChI=1S/C16H23ClN2O2/c1-10-6-7-11(8-10)9-19-15(20)13(12-4-2-3-5-12)14(17)18-16(19)21/h10-12H,2-9H2,1H3,(H,18,21). The van der Waals surface area contributed by atoms with Gasteiger partial charge in [0.15, 0.2) is 0 Å². The van der Waals surface area contributed by atoms with Crippen molar-refractivity contribution in [2.75, 3.05) is 0 Å². The van der Waals surface area contributed by atoms with Crippen LogP contribution in [0.2, 0.25) is 5.15 Å². The highest BCUT2D eigenvalue weighted by atomic mass is 35.5. The van der Waals surface area contributed by atoms with Crippen LogP contribution in [0.3, 0.4) is 0 Å². The van der Waals surface area contributed by atoms with Crippen LogP contribution in [0.15, 0.2) is 9.59 Å². The predicted molar refractivity (Wildman–Crippen MR) is 84.0 cm³/mol. The van der Waals surface area contributed by atoms with Crippen LogP contribution in [0.5, 0.6) is 0 Å². The van der Waals surface area contributed by atoms with Crippen LogP contribution < -0.4 is 11.2 Å². The fraction of sp³-hybridized carbons (Fsp3) is 0.750. The highest BCUT2D eigenvalue weighted by Crippen LogP contribution is 2.35. The van der Waals surface area contributed by atoms with Crippen LogP contribution in [0.25, 0.3) is 0 Å². The molecule has 2 aliphatic rings. The molecule has 0 radical (unpaired) electrons. The highest BCUT2D eigenvalue weighted by molar-refractivity contribution is 6.30. The lowest BCUT2D eigenvalue weighted by Crippen LogP contribution is -2.39. The predicted octanol–water partition coefficient (Wildman–Crippen LogP) is 3.28. The van der Waals surface area contributed by atoms with Crippen LogP contribution >= 0.6 is 11.6 Å². The second kappa shape index (κ2) is 5.99. The van der Waals surface area contributed by atoms with E-state index in [9.17, 15) is 9.59 Å². The third-order valence-electron chi connectivity index (χ3n) is 5.18. The monoisotopic (exact) mass is 310 g/mol. The molecule has 2 aliphatic carbocycles. The van der Waals surface area contributed by atoms with E-state index in [1.165, 1.54) is 11.0 Å². The average Bonchev–Trinajstić information content (AvgIpc) is 3.06. The van der Waals surface area contributed by atoms with Gasteiger partial charge in [-0.3, -0.25) is 14.3 Å². The summed E-state index contributed by atoms with van der Waals surface area (Å²) in [5.74, 6) is 1.36. The summed E-state index contributed by atoms with van der Waals surface area (Å²) in [6.45, 7) is 2.77. The quantitative estimate of drug-likeness (QED) is 0.871. The first kappa shape index (κ1) is 14.9. The molecule has 0 aliphatic heterocycles. The van der Waals surface area contributed by atoms with Gasteiger partial charge in [0.05, 0.1) is 5.56 Å². The lowest BCUT2D eigenvalue weighted by molar-refractivity contribution is 0.419. The molecule has 2 atom stereocenters. The summed E-state index contributed by atoms with van der Waals surface area (Å²) in [5, 5.41) is 0.257. The molecule has 1 aromatic rings. The van der Waals surface area contributed by atoms with Gasteiger partial charge in [0.2, 0.25) is 0 Å². The fourth-order valence-corrected chi connectivity index (χ4v) is 4.36. The topological polar surface area (TPSA) is 54.9 Å². The molecule has 0 aromatic carbocycles. The average molecular weight is 311 g/mol. The third kappa shape index (κ3) is 2.96. The molecule has 5 heteroatoms. The molecule has 2 unspecified atom stereocenters. The zero-order valence-electron chi connectivity index (χ0n) is 12.5. The minimum atomic E-state index is -0.355. The van der Waals surface area contributed by atoms with Crippen LogP contribution in [-0.2, 0) is 6.54 Å². The molecule has 116 valence electrons. The zero-order chi connectivity index (χ0) is 15.0. The second-order valence-corrected chi connectivity index (χ2v) is 7.22. The van der Waals surface area contributed by atoms with E-state index >= 15 is 0 Å². The van der Waals surface area contributed by atoms with Crippen molar-refractivity contribution in [3.63, 3.8) is 0 Å². The Morgan fingerprint density at radius 1 is 1.19 bits per heavy atom. The number of H-pyrrole nitrogens is 1. The molecule has 0 amide bonds. The number of rotatable bonds is 3. The van der Waals surface area contributed by atoms with Gasteiger partial charge >= 0.3 is 5.69 Å². The first-order valence-corrected chi connectivity index (χ1v) is 8.46. The number of halogens is 1. The molecule has 21 heavy (non-hydrogen) atoms. The minimum absolute atomic E-state index is 0.157. The molecule has 4 nitrogen and oxygen atoms in total. The SMILES string of the molecule is CC1CCC(Cn2c(=O)[nH]c(Cl)c(C3CCCC3)c2=O)C1. The number of hydrogen-bond donors (Lipinski definition) is 1. The first-order valence-electron chi connectivity index (χ1n) is 8.08. The van der Waals surface area contributed by atoms with E-state index < -0.39 is 0 Å². The van der Waals surface area contributed by atoms with E-state index in [2.05, 4.69) is 11.9 Å². The van der Waals surface area contributed by atoms with Gasteiger partial charge in [-0.2, -0.15) is 0 Å². The van der Waals surface area contributed by atoms with E-state index in [1.54, 1.807) is 0 Å². The van der Waals surface area contributed by atoms with Crippen molar-refractivity contribution in [3.05, 3.63) is 31.6 Å². The van der Waals surface area contributed by atoms with Gasteiger partial charge in [-0.05, 0) is 43.4 Å². The summed E-state index contributed by atoms with van der Waals surface area (Å²) in [4.78, 5) is 27.5. The van der Waals surface area contributed by atoms with Crippen molar-refractivity contribution in [1.82, 2.24) is 9.55 Å². The molecule has 2 fully saturated rings. The van der Waals surface area contributed by atoms with Crippen LogP contribution in [0.4, 0.5) is 0 Å². The molecule has 1 aromatic heterocycles. The number of aromatic nitrogens is 2. The third-order valence-corrected chi connectivity index (χ3v) is 5.48. The largest absolute Gasteiger partial charge is 0.329 e. The molecule has 0 spiro atoms. The van der Waals surface area contributed by atoms with Crippen LogP contribution in [0, 0.1) is 11.8 Å². The van der Waals surface area contributed by atoms with Gasteiger partial charge in [0.25, 0.3) is 5.56 Å². The second-order valence-electron chi connectivity index (χ2n) is 6.84. The normalized spacial score (nSPS) is 26.6. The summed E-state index contributed by atoms with van der Waals surface area (Å²) in [6, 6.07) is 0. The molecule has 1 N–H and O–H groups in total. The van der Waals surface area contributed by atoms with Crippen molar-refractivity contribution in [1.29, 1.82) is 0 Å². The lowest BCUT2D eigenvalue weighted by atomic mass is 10.0. The molecular weight excluding hydrogens is 288 g/mol. The maximum atomic E-state index is 12.7. The van der Waals surface area contributed by atoms with Gasteiger partial charge < -0.3 is 0 Å². The first-order chi connectivity index (χ1) is 10.1. The van der Waals surface area contributed by atoms with E-state index in [-0.39, 0.29) is 22.3 Å². The van der Waals surface area contributed by atoms with Crippen molar-refractivity contribution < 1.29 is 0 Å².